The Morgan fingerprint density at radius 2 is 2.20 bits per heavy atom. The summed E-state index contributed by atoms with van der Waals surface area (Å²) in [5.74, 6) is -0.464. The summed E-state index contributed by atoms with van der Waals surface area (Å²) in [7, 11) is 0. The van der Waals surface area contributed by atoms with Crippen molar-refractivity contribution >= 4 is 11.9 Å². The van der Waals surface area contributed by atoms with Gasteiger partial charge in [0, 0.05) is 18.8 Å². The minimum absolute atomic E-state index is 0.0530. The average Bonchev–Trinajstić information content (AvgIpc) is 2.78. The molecule has 0 spiro atoms. The van der Waals surface area contributed by atoms with E-state index in [1.807, 2.05) is 13.8 Å². The van der Waals surface area contributed by atoms with E-state index in [0.29, 0.717) is 31.0 Å². The number of likely N-dealkylation sites (tertiary alicyclic amines) is 1. The number of carbonyl (C=O) groups excluding carboxylic acids is 2. The number of ether oxygens (including phenoxy) is 1. The quantitative estimate of drug-likeness (QED) is 0.850. The number of hydrogen-bond donors (Lipinski definition) is 1. The van der Waals surface area contributed by atoms with E-state index in [1.165, 1.54) is 0 Å². The minimum atomic E-state index is -0.208. The number of nitrogens with zero attached hydrogens (tertiary/aromatic N) is 2. The number of aromatic amines is 1. The number of H-pyrrole nitrogens is 1. The summed E-state index contributed by atoms with van der Waals surface area (Å²) in [4.78, 5) is 26.1. The molecule has 6 nitrogen and oxygen atoms in total. The number of aryl methyl sites for hydroxylation is 2. The Labute approximate surface area is 118 Å². The first kappa shape index (κ1) is 14.6. The van der Waals surface area contributed by atoms with Gasteiger partial charge in [-0.1, -0.05) is 0 Å². The third-order valence-electron chi connectivity index (χ3n) is 3.67. The molecule has 0 aromatic carbocycles. The molecule has 1 saturated heterocycles. The number of amides is 1. The smallest absolute Gasteiger partial charge is 0.310 e. The Kier molecular flexibility index (Phi) is 4.42. The molecule has 1 aliphatic heterocycles. The molecular weight excluding hydrogens is 258 g/mol. The molecule has 0 bridgehead atoms. The van der Waals surface area contributed by atoms with Crippen molar-refractivity contribution in [2.45, 2.75) is 33.6 Å². The summed E-state index contributed by atoms with van der Waals surface area (Å²) in [6.07, 6.45) is 1.61. The van der Waals surface area contributed by atoms with Crippen LogP contribution >= 0.6 is 0 Å². The van der Waals surface area contributed by atoms with Crippen molar-refractivity contribution < 1.29 is 14.3 Å². The van der Waals surface area contributed by atoms with Crippen LogP contribution in [0.15, 0.2) is 0 Å². The molecule has 1 aromatic rings. The van der Waals surface area contributed by atoms with Crippen LogP contribution in [0.1, 0.15) is 41.5 Å². The summed E-state index contributed by atoms with van der Waals surface area (Å²) in [5.41, 5.74) is 2.09. The van der Waals surface area contributed by atoms with Crippen LogP contribution < -0.4 is 0 Å². The van der Waals surface area contributed by atoms with Gasteiger partial charge in [-0.25, -0.2) is 0 Å². The molecule has 0 aliphatic carbocycles. The second-order valence-electron chi connectivity index (χ2n) is 5.15. The lowest BCUT2D eigenvalue weighted by Crippen LogP contribution is -2.43. The van der Waals surface area contributed by atoms with E-state index in [-0.39, 0.29) is 17.8 Å². The Hall–Kier alpha value is -1.85. The van der Waals surface area contributed by atoms with E-state index < -0.39 is 0 Å². The SMILES string of the molecule is CCOC(=O)C1CCCN(C(=O)c2c(C)n[nH]c2C)C1. The Balaban J connectivity index is 2.09. The largest absolute Gasteiger partial charge is 0.466 e. The van der Waals surface area contributed by atoms with Crippen molar-refractivity contribution in [3.8, 4) is 0 Å². The average molecular weight is 279 g/mol. The van der Waals surface area contributed by atoms with Gasteiger partial charge in [0.2, 0.25) is 0 Å². The second-order valence-corrected chi connectivity index (χ2v) is 5.15. The number of aromatic nitrogens is 2. The molecule has 2 heterocycles. The third kappa shape index (κ3) is 2.84. The fraction of sp³-hybridized carbons (Fsp3) is 0.643. The van der Waals surface area contributed by atoms with Crippen molar-refractivity contribution in [1.82, 2.24) is 15.1 Å². The van der Waals surface area contributed by atoms with Crippen LogP contribution in [0.4, 0.5) is 0 Å². The number of rotatable bonds is 3. The highest BCUT2D eigenvalue weighted by Gasteiger charge is 2.31. The summed E-state index contributed by atoms with van der Waals surface area (Å²) < 4.78 is 5.05. The van der Waals surface area contributed by atoms with E-state index in [2.05, 4.69) is 10.2 Å². The molecule has 0 radical (unpaired) electrons. The topological polar surface area (TPSA) is 75.3 Å². The van der Waals surface area contributed by atoms with Crippen LogP contribution in [0.3, 0.4) is 0 Å². The molecule has 1 atom stereocenters. The Morgan fingerprint density at radius 3 is 2.80 bits per heavy atom. The molecule has 20 heavy (non-hydrogen) atoms. The summed E-state index contributed by atoms with van der Waals surface area (Å²) in [6.45, 7) is 6.93. The molecular formula is C14H21N3O3. The lowest BCUT2D eigenvalue weighted by atomic mass is 9.97. The Bertz CT molecular complexity index is 490. The second kappa shape index (κ2) is 6.07. The van der Waals surface area contributed by atoms with Crippen molar-refractivity contribution in [3.05, 3.63) is 17.0 Å². The van der Waals surface area contributed by atoms with Gasteiger partial charge >= 0.3 is 5.97 Å². The van der Waals surface area contributed by atoms with Crippen LogP contribution in [0.25, 0.3) is 0 Å². The van der Waals surface area contributed by atoms with Gasteiger partial charge in [0.15, 0.2) is 0 Å². The molecule has 1 N–H and O–H groups in total. The summed E-state index contributed by atoms with van der Waals surface area (Å²) in [6, 6.07) is 0. The lowest BCUT2D eigenvalue weighted by Gasteiger charge is -2.31. The fourth-order valence-corrected chi connectivity index (χ4v) is 2.64. The normalized spacial score (nSPS) is 18.9. The number of piperidine rings is 1. The first-order valence-corrected chi connectivity index (χ1v) is 7.02. The zero-order chi connectivity index (χ0) is 14.7. The van der Waals surface area contributed by atoms with Crippen LogP contribution in [0, 0.1) is 19.8 Å². The number of nitrogens with one attached hydrogen (secondary N) is 1. The van der Waals surface area contributed by atoms with Gasteiger partial charge in [0.05, 0.1) is 23.8 Å². The number of carbonyl (C=O) groups is 2. The predicted octanol–water partition coefficient (Wildman–Crippen LogP) is 1.44. The molecule has 2 rings (SSSR count). The highest BCUT2D eigenvalue weighted by atomic mass is 16.5. The highest BCUT2D eigenvalue weighted by Crippen LogP contribution is 2.21. The number of hydrogen-bond acceptors (Lipinski definition) is 4. The zero-order valence-corrected chi connectivity index (χ0v) is 12.2. The van der Waals surface area contributed by atoms with Gasteiger partial charge in [-0.3, -0.25) is 14.7 Å². The van der Waals surface area contributed by atoms with E-state index in [9.17, 15) is 9.59 Å². The maximum absolute atomic E-state index is 12.5. The van der Waals surface area contributed by atoms with Crippen LogP contribution in [0.2, 0.25) is 0 Å². The van der Waals surface area contributed by atoms with E-state index >= 15 is 0 Å². The Morgan fingerprint density at radius 1 is 1.45 bits per heavy atom. The highest BCUT2D eigenvalue weighted by molar-refractivity contribution is 5.96. The van der Waals surface area contributed by atoms with Crippen molar-refractivity contribution in [3.63, 3.8) is 0 Å². The molecule has 1 fully saturated rings. The van der Waals surface area contributed by atoms with Gasteiger partial charge in [-0.2, -0.15) is 5.10 Å². The molecule has 1 aromatic heterocycles. The van der Waals surface area contributed by atoms with Crippen molar-refractivity contribution in [1.29, 1.82) is 0 Å². The van der Waals surface area contributed by atoms with Crippen LogP contribution in [-0.4, -0.2) is 46.7 Å². The predicted molar refractivity (Wildman–Crippen MR) is 73.3 cm³/mol. The number of esters is 1. The zero-order valence-electron chi connectivity index (χ0n) is 12.2. The van der Waals surface area contributed by atoms with Crippen molar-refractivity contribution in [2.24, 2.45) is 5.92 Å². The standard InChI is InChI=1S/C14H21N3O3/c1-4-20-14(19)11-6-5-7-17(8-11)13(18)12-9(2)15-16-10(12)3/h11H,4-8H2,1-3H3,(H,15,16). The van der Waals surface area contributed by atoms with Crippen LogP contribution in [-0.2, 0) is 9.53 Å². The maximum atomic E-state index is 12.5. The monoisotopic (exact) mass is 279 g/mol. The summed E-state index contributed by atoms with van der Waals surface area (Å²) in [5, 5.41) is 6.87. The van der Waals surface area contributed by atoms with Gasteiger partial charge in [0.25, 0.3) is 5.91 Å². The van der Waals surface area contributed by atoms with E-state index in [4.69, 9.17) is 4.74 Å². The molecule has 0 saturated carbocycles. The van der Waals surface area contributed by atoms with Gasteiger partial charge in [0.1, 0.15) is 0 Å². The van der Waals surface area contributed by atoms with E-state index in [1.54, 1.807) is 11.8 Å². The summed E-state index contributed by atoms with van der Waals surface area (Å²) >= 11 is 0. The molecule has 110 valence electrons. The molecule has 6 heteroatoms. The van der Waals surface area contributed by atoms with E-state index in [0.717, 1.165) is 18.5 Å². The van der Waals surface area contributed by atoms with Gasteiger partial charge in [-0.15, -0.1) is 0 Å². The third-order valence-corrected chi connectivity index (χ3v) is 3.67. The fourth-order valence-electron chi connectivity index (χ4n) is 2.64. The van der Waals surface area contributed by atoms with Gasteiger partial charge < -0.3 is 9.64 Å². The lowest BCUT2D eigenvalue weighted by molar-refractivity contribution is -0.149. The first-order valence-electron chi connectivity index (χ1n) is 7.02. The van der Waals surface area contributed by atoms with Crippen LogP contribution in [0.5, 0.6) is 0 Å². The molecule has 1 unspecified atom stereocenters. The molecule has 1 amide bonds. The van der Waals surface area contributed by atoms with Crippen molar-refractivity contribution in [2.75, 3.05) is 19.7 Å². The molecule has 1 aliphatic rings. The maximum Gasteiger partial charge on any atom is 0.310 e. The van der Waals surface area contributed by atoms with Gasteiger partial charge in [-0.05, 0) is 33.6 Å². The minimum Gasteiger partial charge on any atom is -0.466 e. The first-order chi connectivity index (χ1) is 9.54.